The van der Waals surface area contributed by atoms with Crippen LogP contribution in [-0.4, -0.2) is 24.2 Å². The molecule has 1 saturated heterocycles. The first-order valence-corrected chi connectivity index (χ1v) is 4.87. The van der Waals surface area contributed by atoms with Gasteiger partial charge >= 0.3 is 0 Å². The van der Waals surface area contributed by atoms with Crippen molar-refractivity contribution in [1.29, 1.82) is 0 Å². The maximum Gasteiger partial charge on any atom is 0.145 e. The molecule has 1 fully saturated rings. The standard InChI is InChI=1S/C10H15N3/c1-2-7-13(8-3-1)9-10-11-5-4-6-12-10/h4-6,9,11H,1-3,7-8H2. The third kappa shape index (κ3) is 2.34. The van der Waals surface area contributed by atoms with Gasteiger partial charge in [-0.1, -0.05) is 0 Å². The molecule has 70 valence electrons. The third-order valence-corrected chi connectivity index (χ3v) is 2.32. The van der Waals surface area contributed by atoms with Crippen molar-refractivity contribution in [2.24, 2.45) is 4.99 Å². The second-order valence-corrected chi connectivity index (χ2v) is 3.39. The summed E-state index contributed by atoms with van der Waals surface area (Å²) < 4.78 is 0. The van der Waals surface area contributed by atoms with E-state index in [0.717, 1.165) is 5.82 Å². The fourth-order valence-corrected chi connectivity index (χ4v) is 1.63. The zero-order valence-electron chi connectivity index (χ0n) is 7.74. The third-order valence-electron chi connectivity index (χ3n) is 2.32. The molecule has 2 aliphatic heterocycles. The first-order valence-electron chi connectivity index (χ1n) is 4.87. The van der Waals surface area contributed by atoms with Crippen molar-refractivity contribution >= 4 is 6.21 Å². The van der Waals surface area contributed by atoms with Gasteiger partial charge in [-0.25, -0.2) is 4.99 Å². The van der Waals surface area contributed by atoms with Crippen molar-refractivity contribution in [3.8, 4) is 0 Å². The Morgan fingerprint density at radius 2 is 2.15 bits per heavy atom. The lowest BCUT2D eigenvalue weighted by Gasteiger charge is -2.25. The van der Waals surface area contributed by atoms with Gasteiger partial charge in [0.25, 0.3) is 0 Å². The van der Waals surface area contributed by atoms with E-state index in [1.54, 1.807) is 0 Å². The summed E-state index contributed by atoms with van der Waals surface area (Å²) in [5.74, 6) is 0.949. The summed E-state index contributed by atoms with van der Waals surface area (Å²) in [4.78, 5) is 6.56. The van der Waals surface area contributed by atoms with Crippen LogP contribution in [0, 0.1) is 0 Å². The molecule has 0 saturated carbocycles. The first kappa shape index (κ1) is 8.35. The monoisotopic (exact) mass is 177 g/mol. The number of nitrogens with zero attached hydrogens (tertiary/aromatic N) is 2. The van der Waals surface area contributed by atoms with Crippen LogP contribution in [0.5, 0.6) is 0 Å². The minimum absolute atomic E-state index is 0.949. The quantitative estimate of drug-likeness (QED) is 0.656. The van der Waals surface area contributed by atoms with Crippen molar-refractivity contribution < 1.29 is 0 Å². The molecular formula is C10H15N3. The van der Waals surface area contributed by atoms with Crippen LogP contribution in [0.15, 0.2) is 29.3 Å². The molecule has 3 nitrogen and oxygen atoms in total. The highest BCUT2D eigenvalue weighted by Gasteiger charge is 2.07. The zero-order valence-corrected chi connectivity index (χ0v) is 7.74. The van der Waals surface area contributed by atoms with Gasteiger partial charge < -0.3 is 10.2 Å². The normalized spacial score (nSPS) is 24.9. The SMILES string of the molecule is C1=CNC(=CN2CCCCC2)N=C1. The van der Waals surface area contributed by atoms with Gasteiger partial charge in [0, 0.05) is 31.7 Å². The number of hydrogen-bond donors (Lipinski definition) is 1. The predicted molar refractivity (Wildman–Crippen MR) is 54.3 cm³/mol. The van der Waals surface area contributed by atoms with Gasteiger partial charge in [0.1, 0.15) is 5.82 Å². The molecule has 2 heterocycles. The minimum Gasteiger partial charge on any atom is -0.374 e. The lowest BCUT2D eigenvalue weighted by atomic mass is 10.1. The number of piperidine rings is 1. The van der Waals surface area contributed by atoms with E-state index in [2.05, 4.69) is 21.4 Å². The molecule has 3 heteroatoms. The summed E-state index contributed by atoms with van der Waals surface area (Å²) in [6.45, 7) is 2.34. The average molecular weight is 177 g/mol. The van der Waals surface area contributed by atoms with Gasteiger partial charge in [0.2, 0.25) is 0 Å². The smallest absolute Gasteiger partial charge is 0.145 e. The zero-order chi connectivity index (χ0) is 8.93. The summed E-state index contributed by atoms with van der Waals surface area (Å²) >= 11 is 0. The first-order chi connectivity index (χ1) is 6.45. The molecule has 0 radical (unpaired) electrons. The van der Waals surface area contributed by atoms with Crippen LogP contribution in [0.2, 0.25) is 0 Å². The molecule has 0 bridgehead atoms. The molecule has 0 unspecified atom stereocenters. The van der Waals surface area contributed by atoms with Gasteiger partial charge in [-0.3, -0.25) is 0 Å². The fraction of sp³-hybridized carbons (Fsp3) is 0.500. The number of nitrogens with one attached hydrogen (secondary N) is 1. The van der Waals surface area contributed by atoms with Gasteiger partial charge in [-0.05, 0) is 25.3 Å². The molecule has 13 heavy (non-hydrogen) atoms. The van der Waals surface area contributed by atoms with E-state index < -0.39 is 0 Å². The van der Waals surface area contributed by atoms with Crippen molar-refractivity contribution in [3.63, 3.8) is 0 Å². The average Bonchev–Trinajstić information content (AvgIpc) is 2.21. The van der Waals surface area contributed by atoms with E-state index in [1.807, 2.05) is 18.5 Å². The highest BCUT2D eigenvalue weighted by atomic mass is 15.1. The summed E-state index contributed by atoms with van der Waals surface area (Å²) in [6.07, 6.45) is 11.7. The Balaban J connectivity index is 1.93. The van der Waals surface area contributed by atoms with Gasteiger partial charge in [0.15, 0.2) is 0 Å². The van der Waals surface area contributed by atoms with Crippen LogP contribution < -0.4 is 5.32 Å². The van der Waals surface area contributed by atoms with Crippen molar-refractivity contribution in [2.75, 3.05) is 13.1 Å². The number of rotatable bonds is 1. The van der Waals surface area contributed by atoms with Gasteiger partial charge in [-0.15, -0.1) is 0 Å². The van der Waals surface area contributed by atoms with Crippen LogP contribution in [0.1, 0.15) is 19.3 Å². The Bertz CT molecular complexity index is 247. The second-order valence-electron chi connectivity index (χ2n) is 3.39. The molecule has 2 rings (SSSR count). The summed E-state index contributed by atoms with van der Waals surface area (Å²) in [7, 11) is 0. The molecular weight excluding hydrogens is 162 g/mol. The highest BCUT2D eigenvalue weighted by Crippen LogP contribution is 2.10. The van der Waals surface area contributed by atoms with Crippen molar-refractivity contribution in [2.45, 2.75) is 19.3 Å². The summed E-state index contributed by atoms with van der Waals surface area (Å²) in [5.41, 5.74) is 0. The Morgan fingerprint density at radius 1 is 1.31 bits per heavy atom. The maximum atomic E-state index is 4.22. The number of aliphatic imine (C=N–C) groups is 1. The molecule has 0 aromatic rings. The highest BCUT2D eigenvalue weighted by molar-refractivity contribution is 5.73. The van der Waals surface area contributed by atoms with Crippen LogP contribution >= 0.6 is 0 Å². The van der Waals surface area contributed by atoms with E-state index in [1.165, 1.54) is 32.4 Å². The summed E-state index contributed by atoms with van der Waals surface area (Å²) in [6, 6.07) is 0. The van der Waals surface area contributed by atoms with Crippen LogP contribution in [0.3, 0.4) is 0 Å². The van der Waals surface area contributed by atoms with Gasteiger partial charge in [-0.2, -0.15) is 0 Å². The molecule has 0 atom stereocenters. The Labute approximate surface area is 78.8 Å². The second kappa shape index (κ2) is 4.12. The Kier molecular flexibility index (Phi) is 2.65. The van der Waals surface area contributed by atoms with Gasteiger partial charge in [0.05, 0.1) is 0 Å². The molecule has 0 amide bonds. The van der Waals surface area contributed by atoms with Crippen LogP contribution in [0.4, 0.5) is 0 Å². The van der Waals surface area contributed by atoms with E-state index in [4.69, 9.17) is 0 Å². The molecule has 0 aliphatic carbocycles. The van der Waals surface area contributed by atoms with Crippen molar-refractivity contribution in [3.05, 3.63) is 24.3 Å². The molecule has 0 aromatic carbocycles. The van der Waals surface area contributed by atoms with E-state index in [0.29, 0.717) is 0 Å². The molecule has 2 aliphatic rings. The number of likely N-dealkylation sites (tertiary alicyclic amines) is 1. The molecule has 0 spiro atoms. The maximum absolute atomic E-state index is 4.22. The van der Waals surface area contributed by atoms with Crippen LogP contribution in [0.25, 0.3) is 0 Å². The fourth-order valence-electron chi connectivity index (χ4n) is 1.63. The number of hydrogen-bond acceptors (Lipinski definition) is 3. The van der Waals surface area contributed by atoms with E-state index in [9.17, 15) is 0 Å². The molecule has 0 aromatic heterocycles. The van der Waals surface area contributed by atoms with Crippen molar-refractivity contribution in [1.82, 2.24) is 10.2 Å². The Hall–Kier alpha value is -1.25. The van der Waals surface area contributed by atoms with Crippen LogP contribution in [-0.2, 0) is 0 Å². The largest absolute Gasteiger partial charge is 0.374 e. The lowest BCUT2D eigenvalue weighted by Crippen LogP contribution is -2.26. The predicted octanol–water partition coefficient (Wildman–Crippen LogP) is 1.46. The summed E-state index contributed by atoms with van der Waals surface area (Å²) in [5, 5.41) is 3.11. The van der Waals surface area contributed by atoms with E-state index in [-0.39, 0.29) is 0 Å². The Morgan fingerprint density at radius 3 is 2.85 bits per heavy atom. The minimum atomic E-state index is 0.949. The van der Waals surface area contributed by atoms with E-state index >= 15 is 0 Å². The number of allylic oxidation sites excluding steroid dienone is 1. The lowest BCUT2D eigenvalue weighted by molar-refractivity contribution is 0.306. The topological polar surface area (TPSA) is 27.6 Å². The molecule has 1 N–H and O–H groups in total.